The number of methoxy groups -OCH3 is 4. The zero-order valence-electron chi connectivity index (χ0n) is 16.5. The van der Waals surface area contributed by atoms with Crippen molar-refractivity contribution in [3.63, 3.8) is 0 Å². The smallest absolute Gasteiger partial charge is 0.407 e. The zero-order valence-corrected chi connectivity index (χ0v) is 16.5. The second-order valence-electron chi connectivity index (χ2n) is 5.79. The molecule has 2 atom stereocenters. The number of carbonyl (C=O) groups is 1. The highest BCUT2D eigenvalue weighted by atomic mass is 17.2. The lowest BCUT2D eigenvalue weighted by atomic mass is 10.1. The van der Waals surface area contributed by atoms with Crippen molar-refractivity contribution in [2.45, 2.75) is 31.0 Å². The van der Waals surface area contributed by atoms with E-state index in [0.29, 0.717) is 26.2 Å². The van der Waals surface area contributed by atoms with Crippen molar-refractivity contribution in [1.29, 1.82) is 0 Å². The summed E-state index contributed by atoms with van der Waals surface area (Å²) in [6.07, 6.45) is 0.701. The van der Waals surface area contributed by atoms with Crippen LogP contribution in [0.1, 0.15) is 13.3 Å². The molecule has 0 saturated carbocycles. The molecule has 10 nitrogen and oxygen atoms in total. The van der Waals surface area contributed by atoms with Gasteiger partial charge >= 0.3 is 6.09 Å². The fourth-order valence-corrected chi connectivity index (χ4v) is 2.33. The molecule has 1 N–H and O–H groups in total. The van der Waals surface area contributed by atoms with Gasteiger partial charge in [-0.2, -0.15) is 4.89 Å². The largest absolute Gasteiger partial charge is 0.449 e. The molecule has 0 bridgehead atoms. The summed E-state index contributed by atoms with van der Waals surface area (Å²) >= 11 is 0. The molecule has 10 heteroatoms. The van der Waals surface area contributed by atoms with Crippen LogP contribution in [0.15, 0.2) is 4.99 Å². The lowest BCUT2D eigenvalue weighted by Gasteiger charge is -2.29. The Kier molecular flexibility index (Phi) is 13.9. The average molecular weight is 380 g/mol. The van der Waals surface area contributed by atoms with E-state index in [1.54, 1.807) is 35.4 Å². The second-order valence-corrected chi connectivity index (χ2v) is 5.79. The van der Waals surface area contributed by atoms with Crippen LogP contribution in [0.3, 0.4) is 0 Å². The quantitative estimate of drug-likeness (QED) is 0.192. The van der Waals surface area contributed by atoms with Crippen molar-refractivity contribution in [2.24, 2.45) is 4.99 Å². The van der Waals surface area contributed by atoms with Gasteiger partial charge in [-0.15, -0.1) is 0 Å². The Balaban J connectivity index is 4.51. The molecule has 1 amide bonds. The number of ether oxygens (including phenoxy) is 5. The molecule has 0 aliphatic rings. The molecule has 0 aromatic rings. The van der Waals surface area contributed by atoms with E-state index in [1.165, 1.54) is 13.5 Å². The standard InChI is InChI=1S/C16H32N2O8/c1-16(10-21-3,11-22-4)18-15(19)25-8-7-14(23-5)13(9-20-2)17-12-26-24-6/h12-14H,7-11H2,1-6H3,(H,18,19)/b17-12+. The molecule has 0 heterocycles. The van der Waals surface area contributed by atoms with Crippen LogP contribution in [0.2, 0.25) is 0 Å². The predicted molar refractivity (Wildman–Crippen MR) is 94.3 cm³/mol. The third-order valence-electron chi connectivity index (χ3n) is 3.43. The molecule has 0 rings (SSSR count). The van der Waals surface area contributed by atoms with Crippen molar-refractivity contribution in [2.75, 3.05) is 62.0 Å². The molecule has 154 valence electrons. The number of hydrogen-bond donors (Lipinski definition) is 1. The van der Waals surface area contributed by atoms with E-state index in [0.717, 1.165) is 0 Å². The lowest BCUT2D eigenvalue weighted by Crippen LogP contribution is -2.52. The fraction of sp³-hybridized carbons (Fsp3) is 0.875. The van der Waals surface area contributed by atoms with Gasteiger partial charge in [-0.05, 0) is 6.92 Å². The van der Waals surface area contributed by atoms with Crippen LogP contribution in [0.4, 0.5) is 4.79 Å². The van der Waals surface area contributed by atoms with Crippen LogP contribution < -0.4 is 5.32 Å². The van der Waals surface area contributed by atoms with Gasteiger partial charge < -0.3 is 33.9 Å². The first-order valence-corrected chi connectivity index (χ1v) is 8.12. The van der Waals surface area contributed by atoms with E-state index >= 15 is 0 Å². The van der Waals surface area contributed by atoms with Gasteiger partial charge in [0.25, 0.3) is 0 Å². The molecule has 0 spiro atoms. The maximum absolute atomic E-state index is 12.0. The van der Waals surface area contributed by atoms with Crippen LogP contribution in [-0.2, 0) is 33.5 Å². The van der Waals surface area contributed by atoms with E-state index in [1.807, 2.05) is 0 Å². The molecule has 0 saturated heterocycles. The molecule has 0 radical (unpaired) electrons. The third-order valence-corrected chi connectivity index (χ3v) is 3.43. The Morgan fingerprint density at radius 2 is 1.77 bits per heavy atom. The van der Waals surface area contributed by atoms with Crippen molar-refractivity contribution < 1.29 is 38.3 Å². The Hall–Kier alpha value is -1.46. The first-order chi connectivity index (χ1) is 12.5. The summed E-state index contributed by atoms with van der Waals surface area (Å²) in [5, 5.41) is 2.74. The van der Waals surface area contributed by atoms with Crippen molar-refractivity contribution in [1.82, 2.24) is 5.32 Å². The van der Waals surface area contributed by atoms with Gasteiger partial charge in [0, 0.05) is 34.9 Å². The fourth-order valence-electron chi connectivity index (χ4n) is 2.33. The zero-order chi connectivity index (χ0) is 19.8. The maximum Gasteiger partial charge on any atom is 0.407 e. The van der Waals surface area contributed by atoms with E-state index < -0.39 is 11.6 Å². The van der Waals surface area contributed by atoms with Crippen molar-refractivity contribution >= 4 is 12.5 Å². The normalized spacial score (nSPS) is 14.2. The van der Waals surface area contributed by atoms with Crippen LogP contribution in [0, 0.1) is 0 Å². The van der Waals surface area contributed by atoms with Gasteiger partial charge in [-0.3, -0.25) is 0 Å². The number of amides is 1. The highest BCUT2D eigenvalue weighted by molar-refractivity contribution is 5.68. The molecule has 0 aliphatic carbocycles. The van der Waals surface area contributed by atoms with Crippen LogP contribution in [0.5, 0.6) is 0 Å². The summed E-state index contributed by atoms with van der Waals surface area (Å²) < 4.78 is 26.0. The van der Waals surface area contributed by atoms with E-state index in [4.69, 9.17) is 23.7 Å². The number of alkyl carbamates (subject to hydrolysis) is 1. The molecular formula is C16H32N2O8. The highest BCUT2D eigenvalue weighted by Crippen LogP contribution is 2.10. The number of nitrogens with one attached hydrogen (secondary N) is 1. The summed E-state index contributed by atoms with van der Waals surface area (Å²) in [7, 11) is 7.58. The number of nitrogens with zero attached hydrogens (tertiary/aromatic N) is 1. The lowest BCUT2D eigenvalue weighted by molar-refractivity contribution is -0.188. The van der Waals surface area contributed by atoms with Crippen LogP contribution in [0.25, 0.3) is 0 Å². The maximum atomic E-state index is 12.0. The number of carbonyl (C=O) groups excluding carboxylic acids is 1. The second kappa shape index (κ2) is 14.7. The van der Waals surface area contributed by atoms with Gasteiger partial charge in [-0.25, -0.2) is 9.79 Å². The number of aliphatic imine (C=N–C) groups is 1. The van der Waals surface area contributed by atoms with Gasteiger partial charge in [0.1, 0.15) is 6.04 Å². The minimum Gasteiger partial charge on any atom is -0.449 e. The third kappa shape index (κ3) is 10.5. The summed E-state index contributed by atoms with van der Waals surface area (Å²) in [6.45, 7) is 2.84. The number of rotatable bonds is 15. The monoisotopic (exact) mass is 380 g/mol. The molecular weight excluding hydrogens is 348 g/mol. The Labute approximate surface area is 155 Å². The van der Waals surface area contributed by atoms with Gasteiger partial charge in [-0.1, -0.05) is 0 Å². The van der Waals surface area contributed by atoms with Gasteiger partial charge in [0.15, 0.2) is 0 Å². The Morgan fingerprint density at radius 1 is 1.12 bits per heavy atom. The minimum absolute atomic E-state index is 0.140. The topological polar surface area (TPSA) is 106 Å². The molecule has 0 aromatic heterocycles. The predicted octanol–water partition coefficient (Wildman–Crippen LogP) is 0.791. The highest BCUT2D eigenvalue weighted by Gasteiger charge is 2.28. The molecule has 26 heavy (non-hydrogen) atoms. The van der Waals surface area contributed by atoms with Crippen molar-refractivity contribution in [3.8, 4) is 0 Å². The summed E-state index contributed by atoms with van der Waals surface area (Å²) in [6, 6.07) is -0.334. The molecule has 0 fully saturated rings. The van der Waals surface area contributed by atoms with E-state index in [-0.39, 0.29) is 18.8 Å². The van der Waals surface area contributed by atoms with Gasteiger partial charge in [0.05, 0.1) is 45.2 Å². The van der Waals surface area contributed by atoms with Crippen LogP contribution in [-0.4, -0.2) is 92.2 Å². The first kappa shape index (κ1) is 24.5. The van der Waals surface area contributed by atoms with Gasteiger partial charge in [0.2, 0.25) is 6.40 Å². The molecule has 0 aromatic carbocycles. The molecule has 2 unspecified atom stereocenters. The number of hydrogen-bond acceptors (Lipinski definition) is 9. The van der Waals surface area contributed by atoms with E-state index in [9.17, 15) is 4.79 Å². The van der Waals surface area contributed by atoms with E-state index in [2.05, 4.69) is 20.1 Å². The SMILES string of the molecule is COCC(/N=C/OOC)C(CCOC(=O)NC(C)(COC)COC)OC. The van der Waals surface area contributed by atoms with Crippen LogP contribution >= 0.6 is 0 Å². The summed E-state index contributed by atoms with van der Waals surface area (Å²) in [5.74, 6) is 0. The Morgan fingerprint density at radius 3 is 2.27 bits per heavy atom. The molecule has 0 aliphatic heterocycles. The average Bonchev–Trinajstić information content (AvgIpc) is 2.58. The summed E-state index contributed by atoms with van der Waals surface area (Å²) in [4.78, 5) is 25.3. The Bertz CT molecular complexity index is 388. The first-order valence-electron chi connectivity index (χ1n) is 8.12. The van der Waals surface area contributed by atoms with Crippen molar-refractivity contribution in [3.05, 3.63) is 0 Å². The summed E-state index contributed by atoms with van der Waals surface area (Å²) in [5.41, 5.74) is -0.679. The minimum atomic E-state index is -0.679.